The standard InChI is InChI=1S/C17H22FN3O2/c1-3-21(4-2)11-5-10-19-17(22)15-12-16(23-20-15)13-6-8-14(18)9-7-13/h6-9,12H,3-5,10-11H2,1-2H3,(H,19,22). The molecule has 0 saturated carbocycles. The summed E-state index contributed by atoms with van der Waals surface area (Å²) < 4.78 is 18.1. The molecule has 1 heterocycles. The Balaban J connectivity index is 1.85. The van der Waals surface area contributed by atoms with Crippen molar-refractivity contribution in [2.24, 2.45) is 0 Å². The third-order valence-electron chi connectivity index (χ3n) is 3.70. The van der Waals surface area contributed by atoms with E-state index >= 15 is 0 Å². The lowest BCUT2D eigenvalue weighted by Crippen LogP contribution is -2.30. The van der Waals surface area contributed by atoms with Crippen LogP contribution < -0.4 is 5.32 Å². The Morgan fingerprint density at radius 1 is 1.26 bits per heavy atom. The minimum Gasteiger partial charge on any atom is -0.355 e. The molecule has 23 heavy (non-hydrogen) atoms. The summed E-state index contributed by atoms with van der Waals surface area (Å²) in [6.45, 7) is 7.80. The van der Waals surface area contributed by atoms with Gasteiger partial charge in [-0.05, 0) is 50.3 Å². The minimum atomic E-state index is -0.320. The number of aromatic nitrogens is 1. The highest BCUT2D eigenvalue weighted by Gasteiger charge is 2.13. The molecule has 0 saturated heterocycles. The lowest BCUT2D eigenvalue weighted by Gasteiger charge is -2.17. The van der Waals surface area contributed by atoms with Crippen molar-refractivity contribution < 1.29 is 13.7 Å². The van der Waals surface area contributed by atoms with E-state index in [1.165, 1.54) is 12.1 Å². The van der Waals surface area contributed by atoms with Gasteiger partial charge in [0.25, 0.3) is 5.91 Å². The molecule has 0 atom stereocenters. The maximum atomic E-state index is 12.9. The van der Waals surface area contributed by atoms with Gasteiger partial charge >= 0.3 is 0 Å². The zero-order valence-corrected chi connectivity index (χ0v) is 13.5. The summed E-state index contributed by atoms with van der Waals surface area (Å²) in [6.07, 6.45) is 0.885. The van der Waals surface area contributed by atoms with Gasteiger partial charge < -0.3 is 14.7 Å². The van der Waals surface area contributed by atoms with Crippen molar-refractivity contribution in [3.8, 4) is 11.3 Å². The van der Waals surface area contributed by atoms with Gasteiger partial charge in [-0.2, -0.15) is 0 Å². The number of carbonyl (C=O) groups is 1. The Morgan fingerprint density at radius 2 is 1.96 bits per heavy atom. The molecule has 1 aromatic carbocycles. The molecule has 6 heteroatoms. The fourth-order valence-corrected chi connectivity index (χ4v) is 2.27. The summed E-state index contributed by atoms with van der Waals surface area (Å²) in [5.74, 6) is -0.139. The van der Waals surface area contributed by atoms with Gasteiger partial charge in [-0.25, -0.2) is 4.39 Å². The molecule has 0 radical (unpaired) electrons. The maximum absolute atomic E-state index is 12.9. The van der Waals surface area contributed by atoms with Crippen LogP contribution in [-0.4, -0.2) is 42.1 Å². The third kappa shape index (κ3) is 4.89. The Kier molecular flexibility index (Phi) is 6.29. The first-order valence-corrected chi connectivity index (χ1v) is 7.87. The van der Waals surface area contributed by atoms with E-state index in [0.29, 0.717) is 17.9 Å². The summed E-state index contributed by atoms with van der Waals surface area (Å²) in [7, 11) is 0. The summed E-state index contributed by atoms with van der Waals surface area (Å²) in [5, 5.41) is 6.60. The van der Waals surface area contributed by atoms with Gasteiger partial charge in [0.2, 0.25) is 0 Å². The van der Waals surface area contributed by atoms with Crippen molar-refractivity contribution in [3.05, 3.63) is 41.8 Å². The van der Waals surface area contributed by atoms with Gasteiger partial charge in [0.15, 0.2) is 11.5 Å². The number of nitrogens with zero attached hydrogens (tertiary/aromatic N) is 2. The fourth-order valence-electron chi connectivity index (χ4n) is 2.27. The molecule has 124 valence electrons. The Labute approximate surface area is 135 Å². The predicted octanol–water partition coefficient (Wildman–Crippen LogP) is 2.94. The molecule has 0 aliphatic heterocycles. The molecule has 0 aliphatic rings. The van der Waals surface area contributed by atoms with Crippen molar-refractivity contribution >= 4 is 5.91 Å². The number of amides is 1. The van der Waals surface area contributed by atoms with Crippen LogP contribution in [-0.2, 0) is 0 Å². The molecular formula is C17H22FN3O2. The lowest BCUT2D eigenvalue weighted by molar-refractivity contribution is 0.0943. The van der Waals surface area contributed by atoms with E-state index in [1.807, 2.05) is 0 Å². The van der Waals surface area contributed by atoms with Crippen LogP contribution in [0.5, 0.6) is 0 Å². The normalized spacial score (nSPS) is 11.0. The lowest BCUT2D eigenvalue weighted by atomic mass is 10.1. The average molecular weight is 319 g/mol. The molecule has 1 N–H and O–H groups in total. The Bertz CT molecular complexity index is 621. The summed E-state index contributed by atoms with van der Waals surface area (Å²) in [4.78, 5) is 14.3. The summed E-state index contributed by atoms with van der Waals surface area (Å²) in [5.41, 5.74) is 0.909. The van der Waals surface area contributed by atoms with Crippen molar-refractivity contribution in [1.82, 2.24) is 15.4 Å². The van der Waals surface area contributed by atoms with Crippen LogP contribution in [0.15, 0.2) is 34.9 Å². The van der Waals surface area contributed by atoms with Gasteiger partial charge in [0.05, 0.1) is 0 Å². The number of halogens is 1. The number of carbonyl (C=O) groups excluding carboxylic acids is 1. The predicted molar refractivity (Wildman–Crippen MR) is 86.6 cm³/mol. The highest BCUT2D eigenvalue weighted by Crippen LogP contribution is 2.20. The number of hydrogen-bond acceptors (Lipinski definition) is 4. The van der Waals surface area contributed by atoms with Crippen LogP contribution >= 0.6 is 0 Å². The van der Waals surface area contributed by atoms with Crippen molar-refractivity contribution in [2.75, 3.05) is 26.2 Å². The minimum absolute atomic E-state index is 0.229. The van der Waals surface area contributed by atoms with E-state index in [0.717, 1.165) is 26.1 Å². The van der Waals surface area contributed by atoms with Crippen molar-refractivity contribution in [3.63, 3.8) is 0 Å². The van der Waals surface area contributed by atoms with E-state index in [2.05, 4.69) is 29.2 Å². The van der Waals surface area contributed by atoms with Crippen LogP contribution in [0.3, 0.4) is 0 Å². The first kappa shape index (κ1) is 17.1. The summed E-state index contributed by atoms with van der Waals surface area (Å²) >= 11 is 0. The second kappa shape index (κ2) is 8.43. The third-order valence-corrected chi connectivity index (χ3v) is 3.70. The highest BCUT2D eigenvalue weighted by molar-refractivity contribution is 5.93. The van der Waals surface area contributed by atoms with Crippen LogP contribution in [0.1, 0.15) is 30.8 Å². The molecule has 1 aromatic heterocycles. The quantitative estimate of drug-likeness (QED) is 0.760. The molecule has 0 bridgehead atoms. The number of rotatable bonds is 8. The maximum Gasteiger partial charge on any atom is 0.273 e. The van der Waals surface area contributed by atoms with Gasteiger partial charge in [-0.3, -0.25) is 4.79 Å². The molecule has 0 unspecified atom stereocenters. The number of nitrogens with one attached hydrogen (secondary N) is 1. The molecule has 0 aliphatic carbocycles. The van der Waals surface area contributed by atoms with E-state index in [-0.39, 0.29) is 17.4 Å². The first-order valence-electron chi connectivity index (χ1n) is 7.87. The molecule has 2 aromatic rings. The zero-order valence-electron chi connectivity index (χ0n) is 13.5. The topological polar surface area (TPSA) is 58.4 Å². The van der Waals surface area contributed by atoms with Gasteiger partial charge in [0.1, 0.15) is 5.82 Å². The molecule has 2 rings (SSSR count). The fraction of sp³-hybridized carbons (Fsp3) is 0.412. The second-order valence-corrected chi connectivity index (χ2v) is 5.22. The highest BCUT2D eigenvalue weighted by atomic mass is 19.1. The van der Waals surface area contributed by atoms with E-state index in [4.69, 9.17) is 4.52 Å². The average Bonchev–Trinajstić information content (AvgIpc) is 3.05. The number of benzene rings is 1. The molecule has 1 amide bonds. The smallest absolute Gasteiger partial charge is 0.273 e. The van der Waals surface area contributed by atoms with Crippen LogP contribution in [0.2, 0.25) is 0 Å². The monoisotopic (exact) mass is 319 g/mol. The Hall–Kier alpha value is -2.21. The molecule has 0 fully saturated rings. The summed E-state index contributed by atoms with van der Waals surface area (Å²) in [6, 6.07) is 7.41. The van der Waals surface area contributed by atoms with E-state index in [1.54, 1.807) is 18.2 Å². The SMILES string of the molecule is CCN(CC)CCCNC(=O)c1cc(-c2ccc(F)cc2)on1. The first-order chi connectivity index (χ1) is 11.1. The van der Waals surface area contributed by atoms with Gasteiger partial charge in [-0.15, -0.1) is 0 Å². The van der Waals surface area contributed by atoms with Gasteiger partial charge in [0, 0.05) is 18.2 Å². The molecule has 0 spiro atoms. The van der Waals surface area contributed by atoms with Crippen LogP contribution in [0, 0.1) is 5.82 Å². The number of hydrogen-bond donors (Lipinski definition) is 1. The van der Waals surface area contributed by atoms with Crippen molar-refractivity contribution in [2.45, 2.75) is 20.3 Å². The van der Waals surface area contributed by atoms with E-state index in [9.17, 15) is 9.18 Å². The second-order valence-electron chi connectivity index (χ2n) is 5.22. The molecular weight excluding hydrogens is 297 g/mol. The van der Waals surface area contributed by atoms with Crippen LogP contribution in [0.25, 0.3) is 11.3 Å². The zero-order chi connectivity index (χ0) is 16.7. The Morgan fingerprint density at radius 3 is 2.61 bits per heavy atom. The van der Waals surface area contributed by atoms with Crippen molar-refractivity contribution in [1.29, 1.82) is 0 Å². The van der Waals surface area contributed by atoms with Gasteiger partial charge in [-0.1, -0.05) is 19.0 Å². The van der Waals surface area contributed by atoms with E-state index < -0.39 is 0 Å². The van der Waals surface area contributed by atoms with Crippen LogP contribution in [0.4, 0.5) is 4.39 Å². The largest absolute Gasteiger partial charge is 0.355 e. The molecule has 5 nitrogen and oxygen atoms in total.